The van der Waals surface area contributed by atoms with Crippen molar-refractivity contribution in [2.24, 2.45) is 0 Å². The Balaban J connectivity index is 1.75. The molecule has 0 spiro atoms. The van der Waals surface area contributed by atoms with Gasteiger partial charge in [-0.15, -0.1) is 11.3 Å². The Kier molecular flexibility index (Phi) is 3.97. The Morgan fingerprint density at radius 1 is 1.16 bits per heavy atom. The summed E-state index contributed by atoms with van der Waals surface area (Å²) in [5.41, 5.74) is 1.34. The van der Waals surface area contributed by atoms with Gasteiger partial charge in [-0.3, -0.25) is 0 Å². The van der Waals surface area contributed by atoms with Gasteiger partial charge >= 0.3 is 0 Å². The number of ether oxygens (including phenoxy) is 1. The summed E-state index contributed by atoms with van der Waals surface area (Å²) in [4.78, 5) is 1.38. The van der Waals surface area contributed by atoms with Crippen LogP contribution >= 0.6 is 11.3 Å². The Hall–Kier alpha value is -1.16. The van der Waals surface area contributed by atoms with Gasteiger partial charge in [0.15, 0.2) is 0 Å². The SMILES string of the molecule is COC1CC(NC(c2ccccc2)c2cccs2)C1. The summed E-state index contributed by atoms with van der Waals surface area (Å²) in [7, 11) is 1.80. The molecule has 1 heterocycles. The van der Waals surface area contributed by atoms with Crippen molar-refractivity contribution in [3.05, 3.63) is 58.3 Å². The van der Waals surface area contributed by atoms with Crippen molar-refractivity contribution in [3.8, 4) is 0 Å². The zero-order valence-electron chi connectivity index (χ0n) is 11.1. The lowest BCUT2D eigenvalue weighted by Gasteiger charge is -2.37. The molecule has 1 N–H and O–H groups in total. The molecule has 3 heteroatoms. The molecule has 1 fully saturated rings. The van der Waals surface area contributed by atoms with E-state index in [9.17, 15) is 0 Å². The minimum Gasteiger partial charge on any atom is -0.381 e. The summed E-state index contributed by atoms with van der Waals surface area (Å²) in [5, 5.41) is 5.91. The number of benzene rings is 1. The number of hydrogen-bond acceptors (Lipinski definition) is 3. The Labute approximate surface area is 118 Å². The van der Waals surface area contributed by atoms with E-state index < -0.39 is 0 Å². The van der Waals surface area contributed by atoms with E-state index in [-0.39, 0.29) is 0 Å². The van der Waals surface area contributed by atoms with Gasteiger partial charge in [0.25, 0.3) is 0 Å². The summed E-state index contributed by atoms with van der Waals surface area (Å²) in [6.45, 7) is 0. The van der Waals surface area contributed by atoms with Crippen molar-refractivity contribution < 1.29 is 4.74 Å². The predicted molar refractivity (Wildman–Crippen MR) is 79.6 cm³/mol. The van der Waals surface area contributed by atoms with E-state index in [2.05, 4.69) is 53.2 Å². The van der Waals surface area contributed by atoms with Crippen molar-refractivity contribution in [1.82, 2.24) is 5.32 Å². The van der Waals surface area contributed by atoms with Gasteiger partial charge in [-0.25, -0.2) is 0 Å². The fraction of sp³-hybridized carbons (Fsp3) is 0.375. The Bertz CT molecular complexity index is 491. The summed E-state index contributed by atoms with van der Waals surface area (Å²) in [6, 6.07) is 15.9. The third-order valence-corrected chi connectivity index (χ3v) is 4.73. The van der Waals surface area contributed by atoms with Gasteiger partial charge in [0.1, 0.15) is 0 Å². The first-order chi connectivity index (χ1) is 9.36. The maximum Gasteiger partial charge on any atom is 0.0673 e. The highest BCUT2D eigenvalue weighted by Gasteiger charge is 2.31. The first-order valence-corrected chi connectivity index (χ1v) is 7.62. The molecule has 1 aliphatic rings. The van der Waals surface area contributed by atoms with Crippen LogP contribution in [0.25, 0.3) is 0 Å². The predicted octanol–water partition coefficient (Wildman–Crippen LogP) is 3.60. The molecule has 19 heavy (non-hydrogen) atoms. The lowest BCUT2D eigenvalue weighted by molar-refractivity contribution is 0.0155. The smallest absolute Gasteiger partial charge is 0.0673 e. The van der Waals surface area contributed by atoms with Crippen LogP contribution in [0.2, 0.25) is 0 Å². The highest BCUT2D eigenvalue weighted by molar-refractivity contribution is 7.10. The van der Waals surface area contributed by atoms with Crippen LogP contribution in [-0.2, 0) is 4.74 Å². The molecule has 0 aliphatic heterocycles. The van der Waals surface area contributed by atoms with E-state index in [1.54, 1.807) is 7.11 Å². The summed E-state index contributed by atoms with van der Waals surface area (Å²) in [5.74, 6) is 0. The molecular weight excluding hydrogens is 254 g/mol. The standard InChI is InChI=1S/C16H19NOS/c1-18-14-10-13(11-14)17-16(15-8-5-9-19-15)12-6-3-2-4-7-12/h2-9,13-14,16-17H,10-11H2,1H3. The van der Waals surface area contributed by atoms with Crippen molar-refractivity contribution in [2.75, 3.05) is 7.11 Å². The van der Waals surface area contributed by atoms with Crippen LogP contribution in [0.3, 0.4) is 0 Å². The quantitative estimate of drug-likeness (QED) is 0.898. The van der Waals surface area contributed by atoms with Gasteiger partial charge in [-0.05, 0) is 29.9 Å². The second kappa shape index (κ2) is 5.87. The van der Waals surface area contributed by atoms with Crippen LogP contribution < -0.4 is 5.32 Å². The summed E-state index contributed by atoms with van der Waals surface area (Å²) in [6.07, 6.45) is 2.67. The topological polar surface area (TPSA) is 21.3 Å². The normalized spacial score (nSPS) is 23.8. The van der Waals surface area contributed by atoms with Gasteiger partial charge in [0, 0.05) is 18.0 Å². The second-order valence-corrected chi connectivity index (χ2v) is 6.03. The zero-order valence-corrected chi connectivity index (χ0v) is 11.9. The number of rotatable bonds is 5. The maximum absolute atomic E-state index is 5.36. The number of hydrogen-bond donors (Lipinski definition) is 1. The molecule has 2 nitrogen and oxygen atoms in total. The minimum atomic E-state index is 0.309. The van der Waals surface area contributed by atoms with Crippen LogP contribution in [0.15, 0.2) is 47.8 Å². The monoisotopic (exact) mass is 273 g/mol. The van der Waals surface area contributed by atoms with Crippen molar-refractivity contribution in [3.63, 3.8) is 0 Å². The fourth-order valence-electron chi connectivity index (χ4n) is 2.57. The zero-order chi connectivity index (χ0) is 13.1. The molecule has 1 aromatic carbocycles. The van der Waals surface area contributed by atoms with Crippen molar-refractivity contribution in [1.29, 1.82) is 0 Å². The molecule has 1 unspecified atom stereocenters. The molecule has 2 aromatic rings. The number of nitrogens with one attached hydrogen (secondary N) is 1. The highest BCUT2D eigenvalue weighted by atomic mass is 32.1. The lowest BCUT2D eigenvalue weighted by Crippen LogP contribution is -2.46. The third-order valence-electron chi connectivity index (χ3n) is 3.79. The first kappa shape index (κ1) is 12.9. The molecule has 0 amide bonds. The van der Waals surface area contributed by atoms with E-state index in [0.29, 0.717) is 18.2 Å². The molecular formula is C16H19NOS. The summed E-state index contributed by atoms with van der Waals surface area (Å²) >= 11 is 1.82. The Morgan fingerprint density at radius 2 is 1.95 bits per heavy atom. The molecule has 3 rings (SSSR count). The van der Waals surface area contributed by atoms with Gasteiger partial charge in [0.05, 0.1) is 12.1 Å². The van der Waals surface area contributed by atoms with E-state index in [4.69, 9.17) is 4.74 Å². The molecule has 0 radical (unpaired) electrons. The lowest BCUT2D eigenvalue weighted by atomic mass is 9.88. The molecule has 100 valence electrons. The van der Waals surface area contributed by atoms with Gasteiger partial charge in [0.2, 0.25) is 0 Å². The van der Waals surface area contributed by atoms with E-state index in [0.717, 1.165) is 12.8 Å². The summed E-state index contributed by atoms with van der Waals surface area (Å²) < 4.78 is 5.36. The first-order valence-electron chi connectivity index (χ1n) is 6.74. The van der Waals surface area contributed by atoms with Gasteiger partial charge in [-0.2, -0.15) is 0 Å². The van der Waals surface area contributed by atoms with Crippen LogP contribution in [0.1, 0.15) is 29.3 Å². The molecule has 0 bridgehead atoms. The van der Waals surface area contributed by atoms with Crippen LogP contribution in [0, 0.1) is 0 Å². The largest absolute Gasteiger partial charge is 0.381 e. The van der Waals surface area contributed by atoms with Crippen molar-refractivity contribution in [2.45, 2.75) is 31.0 Å². The van der Waals surface area contributed by atoms with E-state index >= 15 is 0 Å². The second-order valence-electron chi connectivity index (χ2n) is 5.05. The van der Waals surface area contributed by atoms with Gasteiger partial charge < -0.3 is 10.1 Å². The van der Waals surface area contributed by atoms with Crippen LogP contribution in [0.4, 0.5) is 0 Å². The molecule has 1 saturated carbocycles. The highest BCUT2D eigenvalue weighted by Crippen LogP contribution is 2.31. The molecule has 1 aromatic heterocycles. The van der Waals surface area contributed by atoms with Crippen LogP contribution in [-0.4, -0.2) is 19.3 Å². The minimum absolute atomic E-state index is 0.309. The van der Waals surface area contributed by atoms with E-state index in [1.807, 2.05) is 11.3 Å². The third kappa shape index (κ3) is 2.89. The van der Waals surface area contributed by atoms with E-state index in [1.165, 1.54) is 10.4 Å². The molecule has 1 atom stereocenters. The maximum atomic E-state index is 5.36. The van der Waals surface area contributed by atoms with Gasteiger partial charge in [-0.1, -0.05) is 36.4 Å². The molecule has 0 saturated heterocycles. The fourth-order valence-corrected chi connectivity index (χ4v) is 3.39. The number of methoxy groups -OCH3 is 1. The average molecular weight is 273 g/mol. The average Bonchev–Trinajstić information content (AvgIpc) is 2.92. The Morgan fingerprint density at radius 3 is 2.58 bits per heavy atom. The van der Waals surface area contributed by atoms with Crippen molar-refractivity contribution >= 4 is 11.3 Å². The van der Waals surface area contributed by atoms with Crippen LogP contribution in [0.5, 0.6) is 0 Å². The number of thiophene rings is 1. The molecule has 1 aliphatic carbocycles.